The number of rotatable bonds is 4. The Morgan fingerprint density at radius 1 is 1.38 bits per heavy atom. The number of aromatic nitrogens is 2. The molecule has 2 nitrogen and oxygen atoms in total. The molecule has 88 valence electrons. The maximum Gasteiger partial charge on any atom is 0.133 e. The molecular weight excluding hydrogens is 240 g/mol. The number of hydrogen-bond acceptors (Lipinski definition) is 3. The molecule has 4 heteroatoms. The molecule has 0 N–H and O–H groups in total. The van der Waals surface area contributed by atoms with Crippen molar-refractivity contribution in [1.29, 1.82) is 0 Å². The van der Waals surface area contributed by atoms with Crippen molar-refractivity contribution in [2.24, 2.45) is 0 Å². The Labute approximate surface area is 106 Å². The van der Waals surface area contributed by atoms with Crippen molar-refractivity contribution in [3.8, 4) is 0 Å². The predicted molar refractivity (Wildman–Crippen MR) is 69.2 cm³/mol. The van der Waals surface area contributed by atoms with Gasteiger partial charge in [0.15, 0.2) is 0 Å². The van der Waals surface area contributed by atoms with E-state index in [1.807, 2.05) is 17.8 Å². The van der Waals surface area contributed by atoms with E-state index in [1.165, 1.54) is 25.7 Å². The van der Waals surface area contributed by atoms with Crippen LogP contribution in [-0.4, -0.2) is 15.2 Å². The van der Waals surface area contributed by atoms with Crippen molar-refractivity contribution in [3.63, 3.8) is 0 Å². The number of halogens is 1. The fraction of sp³-hybridized carbons (Fsp3) is 0.667. The van der Waals surface area contributed by atoms with Crippen molar-refractivity contribution in [2.45, 2.75) is 55.7 Å². The first-order valence-corrected chi connectivity index (χ1v) is 7.24. The predicted octanol–water partition coefficient (Wildman–Crippen LogP) is 4.12. The Kier molecular flexibility index (Phi) is 4.47. The zero-order valence-electron chi connectivity index (χ0n) is 9.58. The number of hydrogen-bond donors (Lipinski definition) is 0. The van der Waals surface area contributed by atoms with Gasteiger partial charge in [-0.15, -0.1) is 11.8 Å². The SMILES string of the molecule is CCCc1nc(Cl)cc(SC2CCCC2)n1. The Morgan fingerprint density at radius 2 is 2.12 bits per heavy atom. The van der Waals surface area contributed by atoms with Gasteiger partial charge in [-0.05, 0) is 19.3 Å². The standard InChI is InChI=1S/C12H17ClN2S/c1-2-5-11-14-10(13)8-12(15-11)16-9-6-3-4-7-9/h8-9H,2-7H2,1H3. The number of thioether (sulfide) groups is 1. The molecule has 0 saturated heterocycles. The van der Waals surface area contributed by atoms with E-state index in [1.54, 1.807) is 0 Å². The molecule has 0 aromatic carbocycles. The Balaban J connectivity index is 2.06. The smallest absolute Gasteiger partial charge is 0.133 e. The third-order valence-corrected chi connectivity index (χ3v) is 4.23. The first-order valence-electron chi connectivity index (χ1n) is 5.98. The van der Waals surface area contributed by atoms with Gasteiger partial charge in [-0.2, -0.15) is 0 Å². The van der Waals surface area contributed by atoms with Crippen LogP contribution in [0.15, 0.2) is 11.1 Å². The number of nitrogens with zero attached hydrogens (tertiary/aromatic N) is 2. The molecule has 1 saturated carbocycles. The van der Waals surface area contributed by atoms with Crippen LogP contribution >= 0.6 is 23.4 Å². The van der Waals surface area contributed by atoms with E-state index < -0.39 is 0 Å². The summed E-state index contributed by atoms with van der Waals surface area (Å²) in [4.78, 5) is 8.79. The molecule has 0 spiro atoms. The van der Waals surface area contributed by atoms with Gasteiger partial charge in [0.05, 0.1) is 0 Å². The molecule has 0 radical (unpaired) electrons. The lowest BCUT2D eigenvalue weighted by atomic mass is 10.3. The molecule has 0 aliphatic heterocycles. The Bertz CT molecular complexity index is 351. The minimum Gasteiger partial charge on any atom is -0.226 e. The summed E-state index contributed by atoms with van der Waals surface area (Å²) < 4.78 is 0. The van der Waals surface area contributed by atoms with Crippen molar-refractivity contribution in [2.75, 3.05) is 0 Å². The minimum absolute atomic E-state index is 0.582. The van der Waals surface area contributed by atoms with Crippen molar-refractivity contribution in [1.82, 2.24) is 9.97 Å². The summed E-state index contributed by atoms with van der Waals surface area (Å²) in [7, 11) is 0. The average Bonchev–Trinajstić information content (AvgIpc) is 2.70. The number of aryl methyl sites for hydroxylation is 1. The maximum atomic E-state index is 6.01. The van der Waals surface area contributed by atoms with Gasteiger partial charge in [-0.25, -0.2) is 9.97 Å². The Hall–Kier alpha value is -0.280. The highest BCUT2D eigenvalue weighted by atomic mass is 35.5. The molecule has 1 aliphatic carbocycles. The van der Waals surface area contributed by atoms with Gasteiger partial charge in [0, 0.05) is 17.7 Å². The lowest BCUT2D eigenvalue weighted by Crippen LogP contribution is -1.99. The fourth-order valence-electron chi connectivity index (χ4n) is 2.01. The van der Waals surface area contributed by atoms with Crippen LogP contribution in [0.25, 0.3) is 0 Å². The third kappa shape index (κ3) is 3.36. The minimum atomic E-state index is 0.582. The highest BCUT2D eigenvalue weighted by molar-refractivity contribution is 7.99. The highest BCUT2D eigenvalue weighted by Crippen LogP contribution is 2.34. The van der Waals surface area contributed by atoms with Crippen LogP contribution < -0.4 is 0 Å². The van der Waals surface area contributed by atoms with Crippen molar-refractivity contribution < 1.29 is 0 Å². The van der Waals surface area contributed by atoms with E-state index >= 15 is 0 Å². The Morgan fingerprint density at radius 3 is 2.81 bits per heavy atom. The second-order valence-electron chi connectivity index (χ2n) is 4.22. The third-order valence-electron chi connectivity index (χ3n) is 2.78. The van der Waals surface area contributed by atoms with Crippen molar-refractivity contribution in [3.05, 3.63) is 17.0 Å². The molecule has 16 heavy (non-hydrogen) atoms. The van der Waals surface area contributed by atoms with Crippen LogP contribution in [0.5, 0.6) is 0 Å². The van der Waals surface area contributed by atoms with Gasteiger partial charge in [0.2, 0.25) is 0 Å². The summed E-state index contributed by atoms with van der Waals surface area (Å²) in [6, 6.07) is 1.89. The molecule has 1 aliphatic rings. The van der Waals surface area contributed by atoms with E-state index in [0.717, 1.165) is 28.9 Å². The summed E-state index contributed by atoms with van der Waals surface area (Å²) >= 11 is 7.88. The van der Waals surface area contributed by atoms with Crippen LogP contribution in [0.3, 0.4) is 0 Å². The van der Waals surface area contributed by atoms with Crippen LogP contribution in [0.1, 0.15) is 44.9 Å². The monoisotopic (exact) mass is 256 g/mol. The largest absolute Gasteiger partial charge is 0.226 e. The molecule has 0 atom stereocenters. The van der Waals surface area contributed by atoms with Gasteiger partial charge in [-0.1, -0.05) is 31.4 Å². The lowest BCUT2D eigenvalue weighted by molar-refractivity contribution is 0.806. The first kappa shape index (κ1) is 12.2. The van der Waals surface area contributed by atoms with E-state index in [0.29, 0.717) is 5.15 Å². The zero-order valence-corrected chi connectivity index (χ0v) is 11.2. The van der Waals surface area contributed by atoms with Gasteiger partial charge in [-0.3, -0.25) is 0 Å². The van der Waals surface area contributed by atoms with E-state index in [9.17, 15) is 0 Å². The summed E-state index contributed by atoms with van der Waals surface area (Å²) in [5.41, 5.74) is 0. The highest BCUT2D eigenvalue weighted by Gasteiger charge is 2.17. The van der Waals surface area contributed by atoms with Gasteiger partial charge in [0.25, 0.3) is 0 Å². The van der Waals surface area contributed by atoms with Crippen molar-refractivity contribution >= 4 is 23.4 Å². The molecule has 0 bridgehead atoms. The van der Waals surface area contributed by atoms with Gasteiger partial charge in [0.1, 0.15) is 16.0 Å². The quantitative estimate of drug-likeness (QED) is 0.758. The normalized spacial score (nSPS) is 16.9. The molecule has 1 aromatic rings. The molecule has 1 aromatic heterocycles. The van der Waals surface area contributed by atoms with Crippen LogP contribution in [0.4, 0.5) is 0 Å². The fourth-order valence-corrected chi connectivity index (χ4v) is 3.53. The second kappa shape index (κ2) is 5.87. The molecule has 0 amide bonds. The molecule has 0 unspecified atom stereocenters. The van der Waals surface area contributed by atoms with E-state index in [4.69, 9.17) is 11.6 Å². The summed E-state index contributed by atoms with van der Waals surface area (Å²) in [6.45, 7) is 2.13. The molecule has 2 rings (SSSR count). The summed E-state index contributed by atoms with van der Waals surface area (Å²) in [5, 5.41) is 2.37. The van der Waals surface area contributed by atoms with Crippen LogP contribution in [-0.2, 0) is 6.42 Å². The first-order chi connectivity index (χ1) is 7.78. The topological polar surface area (TPSA) is 25.8 Å². The van der Waals surface area contributed by atoms with E-state index in [-0.39, 0.29) is 0 Å². The summed E-state index contributed by atoms with van der Waals surface area (Å²) in [5.74, 6) is 0.885. The average molecular weight is 257 g/mol. The van der Waals surface area contributed by atoms with Crippen LogP contribution in [0, 0.1) is 0 Å². The van der Waals surface area contributed by atoms with Crippen LogP contribution in [0.2, 0.25) is 5.15 Å². The molecule has 1 heterocycles. The molecular formula is C12H17ClN2S. The second-order valence-corrected chi connectivity index (χ2v) is 5.93. The van der Waals surface area contributed by atoms with Gasteiger partial charge >= 0.3 is 0 Å². The zero-order chi connectivity index (χ0) is 11.4. The summed E-state index contributed by atoms with van der Waals surface area (Å²) in [6.07, 6.45) is 7.33. The van der Waals surface area contributed by atoms with E-state index in [2.05, 4.69) is 16.9 Å². The maximum absolute atomic E-state index is 6.01. The molecule has 1 fully saturated rings. The van der Waals surface area contributed by atoms with Gasteiger partial charge < -0.3 is 0 Å². The lowest BCUT2D eigenvalue weighted by Gasteiger charge is -2.09.